The number of hydrogen-bond donors (Lipinski definition) is 0. The number of rotatable bonds is 3. The van der Waals surface area contributed by atoms with Gasteiger partial charge in [0, 0.05) is 13.0 Å². The van der Waals surface area contributed by atoms with E-state index in [0.29, 0.717) is 4.73 Å². The molecule has 0 bridgehead atoms. The zero-order valence-electron chi connectivity index (χ0n) is 6.55. The van der Waals surface area contributed by atoms with E-state index in [1.807, 2.05) is 0 Å². The maximum Gasteiger partial charge on any atom is 0.389 e. The summed E-state index contributed by atoms with van der Waals surface area (Å²) < 4.78 is 36.9. The van der Waals surface area contributed by atoms with Gasteiger partial charge in [0.05, 0.1) is 0 Å². The van der Waals surface area contributed by atoms with Gasteiger partial charge in [0.2, 0.25) is 4.73 Å². The lowest BCUT2D eigenvalue weighted by atomic mass is 10.3. The van der Waals surface area contributed by atoms with Gasteiger partial charge in [-0.1, -0.05) is 0 Å². The van der Waals surface area contributed by atoms with Crippen molar-refractivity contribution >= 4 is 15.9 Å². The van der Waals surface area contributed by atoms with Crippen LogP contribution in [0.5, 0.6) is 0 Å². The topological polar surface area (TPSA) is 30.7 Å². The van der Waals surface area contributed by atoms with E-state index in [1.54, 1.807) is 0 Å². The van der Waals surface area contributed by atoms with Crippen molar-refractivity contribution in [3.05, 3.63) is 11.1 Å². The van der Waals surface area contributed by atoms with Gasteiger partial charge < -0.3 is 0 Å². The Morgan fingerprint density at radius 1 is 1.46 bits per heavy atom. The van der Waals surface area contributed by atoms with Gasteiger partial charge in [0.25, 0.3) is 0 Å². The van der Waals surface area contributed by atoms with Crippen LogP contribution >= 0.6 is 15.9 Å². The summed E-state index contributed by atoms with van der Waals surface area (Å²) in [6.45, 7) is 0.234. The number of aryl methyl sites for hydroxylation is 1. The molecule has 0 aliphatic heterocycles. The summed E-state index contributed by atoms with van der Waals surface area (Å²) in [5.41, 5.74) is 0. The fourth-order valence-electron chi connectivity index (χ4n) is 0.821. The summed E-state index contributed by atoms with van der Waals surface area (Å²) >= 11 is 3.00. The van der Waals surface area contributed by atoms with E-state index in [2.05, 4.69) is 26.0 Å². The fourth-order valence-corrected chi connectivity index (χ4v) is 1.12. The molecule has 1 rings (SSSR count). The summed E-state index contributed by atoms with van der Waals surface area (Å²) in [6.07, 6.45) is -3.46. The molecule has 0 radical (unpaired) electrons. The molecule has 0 aliphatic carbocycles. The van der Waals surface area contributed by atoms with Gasteiger partial charge in [-0.15, -0.1) is 5.10 Å². The predicted molar refractivity (Wildman–Crippen MR) is 43.0 cm³/mol. The Morgan fingerprint density at radius 3 is 2.62 bits per heavy atom. The van der Waals surface area contributed by atoms with Crippen molar-refractivity contribution in [3.63, 3.8) is 0 Å². The highest BCUT2D eigenvalue weighted by molar-refractivity contribution is 9.10. The lowest BCUT2D eigenvalue weighted by Gasteiger charge is -2.04. The van der Waals surface area contributed by atoms with Crippen LogP contribution in [0.25, 0.3) is 0 Å². The third-order valence-corrected chi connectivity index (χ3v) is 1.72. The van der Waals surface area contributed by atoms with Gasteiger partial charge in [-0.05, 0) is 22.4 Å². The van der Waals surface area contributed by atoms with Crippen molar-refractivity contribution in [1.82, 2.24) is 14.8 Å². The first kappa shape index (κ1) is 10.5. The van der Waals surface area contributed by atoms with Crippen LogP contribution in [-0.4, -0.2) is 20.9 Å². The molecular weight excluding hydrogens is 251 g/mol. The molecule has 1 aromatic heterocycles. The Labute approximate surface area is 81.1 Å². The molecule has 13 heavy (non-hydrogen) atoms. The Kier molecular flexibility index (Phi) is 3.29. The normalized spacial score (nSPS) is 12.0. The summed E-state index contributed by atoms with van der Waals surface area (Å²) in [5.74, 6) is 0. The van der Waals surface area contributed by atoms with Crippen molar-refractivity contribution in [3.8, 4) is 0 Å². The maximum atomic E-state index is 11.7. The highest BCUT2D eigenvalue weighted by atomic mass is 79.9. The molecule has 0 fully saturated rings. The molecule has 1 aromatic rings. The van der Waals surface area contributed by atoms with Crippen LogP contribution in [0.4, 0.5) is 13.2 Å². The van der Waals surface area contributed by atoms with Gasteiger partial charge in [0.1, 0.15) is 6.33 Å². The quantitative estimate of drug-likeness (QED) is 0.833. The molecule has 1 heterocycles. The molecule has 0 saturated carbocycles. The summed E-state index contributed by atoms with van der Waals surface area (Å²) in [5, 5.41) is 3.79. The first-order valence-electron chi connectivity index (χ1n) is 3.59. The Balaban J connectivity index is 2.28. The van der Waals surface area contributed by atoms with Gasteiger partial charge in [-0.25, -0.2) is 4.98 Å². The molecule has 0 atom stereocenters. The third kappa shape index (κ3) is 4.25. The zero-order valence-corrected chi connectivity index (χ0v) is 8.14. The Bertz CT molecular complexity index is 270. The third-order valence-electron chi connectivity index (χ3n) is 1.36. The number of alkyl halides is 3. The van der Waals surface area contributed by atoms with Crippen LogP contribution in [-0.2, 0) is 6.54 Å². The summed E-state index contributed by atoms with van der Waals surface area (Å²) in [6, 6.07) is 0. The van der Waals surface area contributed by atoms with Crippen LogP contribution in [0, 0.1) is 0 Å². The first-order valence-corrected chi connectivity index (χ1v) is 4.38. The van der Waals surface area contributed by atoms with E-state index in [1.165, 1.54) is 11.0 Å². The summed E-state index contributed by atoms with van der Waals surface area (Å²) in [7, 11) is 0. The lowest BCUT2D eigenvalue weighted by Crippen LogP contribution is -2.09. The molecule has 0 amide bonds. The van der Waals surface area contributed by atoms with Crippen LogP contribution in [0.3, 0.4) is 0 Å². The standard InChI is InChI=1S/C6H7BrF3N3/c7-5-11-4-13(12-5)3-1-2-6(8,9)10/h4H,1-3H2. The average Bonchev–Trinajstić information content (AvgIpc) is 2.33. The van der Waals surface area contributed by atoms with Crippen LogP contribution < -0.4 is 0 Å². The molecule has 74 valence electrons. The van der Waals surface area contributed by atoms with Crippen LogP contribution in [0.2, 0.25) is 0 Å². The molecule has 0 saturated heterocycles. The average molecular weight is 258 g/mol. The summed E-state index contributed by atoms with van der Waals surface area (Å²) in [4.78, 5) is 3.72. The molecule has 7 heteroatoms. The number of hydrogen-bond acceptors (Lipinski definition) is 2. The van der Waals surface area contributed by atoms with Gasteiger partial charge in [-0.2, -0.15) is 13.2 Å². The van der Waals surface area contributed by atoms with E-state index in [9.17, 15) is 13.2 Å². The highest BCUT2D eigenvalue weighted by Crippen LogP contribution is 2.21. The van der Waals surface area contributed by atoms with Crippen molar-refractivity contribution in [1.29, 1.82) is 0 Å². The van der Waals surface area contributed by atoms with Crippen molar-refractivity contribution in [2.24, 2.45) is 0 Å². The van der Waals surface area contributed by atoms with E-state index in [0.717, 1.165) is 0 Å². The number of nitrogens with zero attached hydrogens (tertiary/aromatic N) is 3. The SMILES string of the molecule is FC(F)(F)CCCn1cnc(Br)n1. The van der Waals surface area contributed by atoms with Crippen molar-refractivity contribution < 1.29 is 13.2 Å². The second kappa shape index (κ2) is 4.08. The smallest absolute Gasteiger partial charge is 0.252 e. The van der Waals surface area contributed by atoms with Gasteiger partial charge >= 0.3 is 6.18 Å². The number of halogens is 4. The lowest BCUT2D eigenvalue weighted by molar-refractivity contribution is -0.136. The minimum Gasteiger partial charge on any atom is -0.252 e. The van der Waals surface area contributed by atoms with Gasteiger partial charge in [-0.3, -0.25) is 4.68 Å². The largest absolute Gasteiger partial charge is 0.389 e. The molecule has 3 nitrogen and oxygen atoms in total. The van der Waals surface area contributed by atoms with E-state index >= 15 is 0 Å². The molecule has 0 spiro atoms. The van der Waals surface area contributed by atoms with Crippen LogP contribution in [0.1, 0.15) is 12.8 Å². The van der Waals surface area contributed by atoms with E-state index in [-0.39, 0.29) is 13.0 Å². The van der Waals surface area contributed by atoms with Gasteiger partial charge in [0.15, 0.2) is 0 Å². The molecule has 0 aliphatic rings. The number of aromatic nitrogens is 3. The Morgan fingerprint density at radius 2 is 2.15 bits per heavy atom. The zero-order chi connectivity index (χ0) is 9.90. The second-order valence-electron chi connectivity index (χ2n) is 2.50. The Hall–Kier alpha value is -0.590. The second-order valence-corrected chi connectivity index (χ2v) is 3.20. The molecular formula is C6H7BrF3N3. The first-order chi connectivity index (χ1) is 5.97. The van der Waals surface area contributed by atoms with Crippen LogP contribution in [0.15, 0.2) is 11.1 Å². The van der Waals surface area contributed by atoms with E-state index in [4.69, 9.17) is 0 Å². The van der Waals surface area contributed by atoms with Crippen molar-refractivity contribution in [2.75, 3.05) is 0 Å². The molecule has 0 aromatic carbocycles. The predicted octanol–water partition coefficient (Wildman–Crippen LogP) is 2.38. The monoisotopic (exact) mass is 257 g/mol. The van der Waals surface area contributed by atoms with Crippen molar-refractivity contribution in [2.45, 2.75) is 25.6 Å². The minimum atomic E-state index is -4.09. The van der Waals surface area contributed by atoms with E-state index < -0.39 is 12.6 Å². The minimum absolute atomic E-state index is 0.0271. The fraction of sp³-hybridized carbons (Fsp3) is 0.667. The highest BCUT2D eigenvalue weighted by Gasteiger charge is 2.25. The maximum absolute atomic E-state index is 11.7. The molecule has 0 unspecified atom stereocenters. The molecule has 0 N–H and O–H groups in total.